The van der Waals surface area contributed by atoms with E-state index in [2.05, 4.69) is 30.9 Å². The summed E-state index contributed by atoms with van der Waals surface area (Å²) in [4.78, 5) is 5.51. The minimum atomic E-state index is 0.572. The Balaban J connectivity index is 2.24. The van der Waals surface area contributed by atoms with Crippen molar-refractivity contribution in [3.05, 3.63) is 21.9 Å². The number of hydrogen-bond donors (Lipinski definition) is 1. The Morgan fingerprint density at radius 3 is 2.88 bits per heavy atom. The molecule has 1 saturated heterocycles. The van der Waals surface area contributed by atoms with E-state index >= 15 is 0 Å². The fourth-order valence-electron chi connectivity index (χ4n) is 2.78. The lowest BCUT2D eigenvalue weighted by molar-refractivity contribution is 0.105. The highest BCUT2D eigenvalue weighted by Crippen LogP contribution is 2.38. The summed E-state index contributed by atoms with van der Waals surface area (Å²) in [5.74, 6) is 0.645. The molecule has 2 N–H and O–H groups in total. The SMILES string of the molecule is CCN1CCCC(CN)C1c1ccc(C)s1. The molecule has 90 valence electrons. The van der Waals surface area contributed by atoms with Crippen LogP contribution in [0.25, 0.3) is 0 Å². The van der Waals surface area contributed by atoms with Crippen LogP contribution in [-0.2, 0) is 0 Å². The molecule has 16 heavy (non-hydrogen) atoms. The highest BCUT2D eigenvalue weighted by molar-refractivity contribution is 7.12. The molecule has 2 unspecified atom stereocenters. The number of nitrogens with zero attached hydrogens (tertiary/aromatic N) is 1. The van der Waals surface area contributed by atoms with Crippen molar-refractivity contribution in [2.24, 2.45) is 11.7 Å². The molecule has 1 fully saturated rings. The van der Waals surface area contributed by atoms with E-state index in [0.717, 1.165) is 13.1 Å². The summed E-state index contributed by atoms with van der Waals surface area (Å²) >= 11 is 1.94. The third-order valence-electron chi connectivity index (χ3n) is 3.62. The van der Waals surface area contributed by atoms with Gasteiger partial charge in [-0.1, -0.05) is 6.92 Å². The largest absolute Gasteiger partial charge is 0.330 e. The topological polar surface area (TPSA) is 29.3 Å². The van der Waals surface area contributed by atoms with Gasteiger partial charge >= 0.3 is 0 Å². The summed E-state index contributed by atoms with van der Waals surface area (Å²) in [6.07, 6.45) is 2.59. The summed E-state index contributed by atoms with van der Waals surface area (Å²) in [6, 6.07) is 5.10. The van der Waals surface area contributed by atoms with Gasteiger partial charge in [-0.3, -0.25) is 4.90 Å². The lowest BCUT2D eigenvalue weighted by atomic mass is 9.88. The molecular weight excluding hydrogens is 216 g/mol. The van der Waals surface area contributed by atoms with Crippen molar-refractivity contribution in [2.45, 2.75) is 32.7 Å². The van der Waals surface area contributed by atoms with Gasteiger partial charge in [0.15, 0.2) is 0 Å². The van der Waals surface area contributed by atoms with Crippen LogP contribution in [0.5, 0.6) is 0 Å². The summed E-state index contributed by atoms with van der Waals surface area (Å²) in [5.41, 5.74) is 5.93. The van der Waals surface area contributed by atoms with Gasteiger partial charge in [-0.25, -0.2) is 0 Å². The van der Waals surface area contributed by atoms with Crippen LogP contribution in [0.3, 0.4) is 0 Å². The highest BCUT2D eigenvalue weighted by Gasteiger charge is 2.31. The summed E-state index contributed by atoms with van der Waals surface area (Å²) < 4.78 is 0. The molecule has 0 aliphatic carbocycles. The first-order chi connectivity index (χ1) is 7.76. The van der Waals surface area contributed by atoms with Gasteiger partial charge in [0.1, 0.15) is 0 Å². The normalized spacial score (nSPS) is 27.2. The minimum absolute atomic E-state index is 0.572. The molecule has 2 rings (SSSR count). The van der Waals surface area contributed by atoms with Gasteiger partial charge in [-0.2, -0.15) is 0 Å². The molecular formula is C13H22N2S. The molecule has 0 bridgehead atoms. The Morgan fingerprint density at radius 2 is 2.31 bits per heavy atom. The fraction of sp³-hybridized carbons (Fsp3) is 0.692. The van der Waals surface area contributed by atoms with Crippen LogP contribution in [0.4, 0.5) is 0 Å². The standard InChI is InChI=1S/C13H22N2S/c1-3-15-8-4-5-11(9-14)13(15)12-7-6-10(2)16-12/h6-7,11,13H,3-5,8-9,14H2,1-2H3. The van der Waals surface area contributed by atoms with Crippen molar-refractivity contribution in [3.63, 3.8) is 0 Å². The number of rotatable bonds is 3. The monoisotopic (exact) mass is 238 g/mol. The van der Waals surface area contributed by atoms with Gasteiger partial charge in [-0.05, 0) is 57.5 Å². The number of hydrogen-bond acceptors (Lipinski definition) is 3. The van der Waals surface area contributed by atoms with Crippen LogP contribution in [-0.4, -0.2) is 24.5 Å². The predicted octanol–water partition coefficient (Wildman–Crippen LogP) is 2.79. The van der Waals surface area contributed by atoms with Gasteiger partial charge < -0.3 is 5.73 Å². The van der Waals surface area contributed by atoms with E-state index in [1.807, 2.05) is 11.3 Å². The van der Waals surface area contributed by atoms with E-state index in [-0.39, 0.29) is 0 Å². The maximum Gasteiger partial charge on any atom is 0.0481 e. The van der Waals surface area contributed by atoms with E-state index in [4.69, 9.17) is 5.73 Å². The molecule has 1 aliphatic heterocycles. The zero-order valence-electron chi connectivity index (χ0n) is 10.3. The maximum absolute atomic E-state index is 5.93. The third kappa shape index (κ3) is 2.31. The van der Waals surface area contributed by atoms with Crippen LogP contribution in [0.15, 0.2) is 12.1 Å². The fourth-order valence-corrected chi connectivity index (χ4v) is 3.88. The molecule has 2 nitrogen and oxygen atoms in total. The average molecular weight is 238 g/mol. The molecule has 1 aliphatic rings. The van der Waals surface area contributed by atoms with Crippen LogP contribution in [0.1, 0.15) is 35.6 Å². The number of thiophene rings is 1. The van der Waals surface area contributed by atoms with Gasteiger partial charge in [0.25, 0.3) is 0 Å². The van der Waals surface area contributed by atoms with E-state index in [0.29, 0.717) is 12.0 Å². The maximum atomic E-state index is 5.93. The first kappa shape index (κ1) is 12.1. The first-order valence-electron chi connectivity index (χ1n) is 6.26. The van der Waals surface area contributed by atoms with Crippen molar-refractivity contribution in [2.75, 3.05) is 19.6 Å². The lowest BCUT2D eigenvalue weighted by Gasteiger charge is -2.40. The minimum Gasteiger partial charge on any atom is -0.330 e. The summed E-state index contributed by atoms with van der Waals surface area (Å²) in [7, 11) is 0. The number of aryl methyl sites for hydroxylation is 1. The summed E-state index contributed by atoms with van der Waals surface area (Å²) in [6.45, 7) is 7.63. The zero-order valence-corrected chi connectivity index (χ0v) is 11.1. The van der Waals surface area contributed by atoms with Crippen molar-refractivity contribution in [3.8, 4) is 0 Å². The molecule has 0 amide bonds. The van der Waals surface area contributed by atoms with Crippen molar-refractivity contribution < 1.29 is 0 Å². The molecule has 2 heterocycles. The summed E-state index contributed by atoms with van der Waals surface area (Å²) in [5, 5.41) is 0. The Bertz CT molecular complexity index is 322. The van der Waals surface area contributed by atoms with Crippen molar-refractivity contribution in [1.29, 1.82) is 0 Å². The average Bonchev–Trinajstić information content (AvgIpc) is 2.74. The van der Waals surface area contributed by atoms with Gasteiger partial charge in [0.05, 0.1) is 0 Å². The van der Waals surface area contributed by atoms with Crippen LogP contribution in [0.2, 0.25) is 0 Å². The molecule has 1 aromatic rings. The Hall–Kier alpha value is -0.380. The lowest BCUT2D eigenvalue weighted by Crippen LogP contribution is -2.41. The van der Waals surface area contributed by atoms with E-state index in [9.17, 15) is 0 Å². The van der Waals surface area contributed by atoms with Crippen molar-refractivity contribution in [1.82, 2.24) is 4.90 Å². The third-order valence-corrected chi connectivity index (χ3v) is 4.69. The molecule has 0 saturated carbocycles. The number of nitrogens with two attached hydrogens (primary N) is 1. The first-order valence-corrected chi connectivity index (χ1v) is 7.08. The highest BCUT2D eigenvalue weighted by atomic mass is 32.1. The molecule has 0 spiro atoms. The molecule has 1 aromatic heterocycles. The smallest absolute Gasteiger partial charge is 0.0481 e. The van der Waals surface area contributed by atoms with Crippen LogP contribution >= 0.6 is 11.3 Å². The van der Waals surface area contributed by atoms with E-state index in [1.165, 1.54) is 29.1 Å². The molecule has 3 heteroatoms. The zero-order chi connectivity index (χ0) is 11.5. The number of piperidine rings is 1. The Kier molecular flexibility index (Phi) is 4.00. The van der Waals surface area contributed by atoms with E-state index < -0.39 is 0 Å². The van der Waals surface area contributed by atoms with Gasteiger partial charge in [0.2, 0.25) is 0 Å². The van der Waals surface area contributed by atoms with Crippen molar-refractivity contribution >= 4 is 11.3 Å². The number of likely N-dealkylation sites (tertiary alicyclic amines) is 1. The second kappa shape index (κ2) is 5.30. The van der Waals surface area contributed by atoms with Gasteiger partial charge in [-0.15, -0.1) is 11.3 Å². The molecule has 0 radical (unpaired) electrons. The van der Waals surface area contributed by atoms with E-state index in [1.54, 1.807) is 0 Å². The second-order valence-corrected chi connectivity index (χ2v) is 5.98. The Labute approximate surface area is 102 Å². The predicted molar refractivity (Wildman–Crippen MR) is 70.8 cm³/mol. The molecule has 2 atom stereocenters. The quantitative estimate of drug-likeness (QED) is 0.877. The molecule has 0 aromatic carbocycles. The van der Waals surface area contributed by atoms with Crippen LogP contribution in [0, 0.1) is 12.8 Å². The second-order valence-electron chi connectivity index (χ2n) is 4.66. The Morgan fingerprint density at radius 1 is 1.50 bits per heavy atom. The van der Waals surface area contributed by atoms with Crippen LogP contribution < -0.4 is 5.73 Å². The van der Waals surface area contributed by atoms with Gasteiger partial charge in [0, 0.05) is 15.8 Å².